The molecule has 0 atom stereocenters. The van der Waals surface area contributed by atoms with Crippen molar-refractivity contribution in [3.05, 3.63) is 11.8 Å². The number of carbonyl (C=O) groups is 1. The Kier molecular flexibility index (Phi) is 6.19. The average molecular weight is 364 g/mol. The fraction of sp³-hybridized carbons (Fsp3) is 0.857. The lowest BCUT2D eigenvalue weighted by Gasteiger charge is -2.47. The monoisotopic (exact) mass is 363 g/mol. The first-order chi connectivity index (χ1) is 11.9. The van der Waals surface area contributed by atoms with E-state index in [1.807, 2.05) is 4.90 Å². The quantitative estimate of drug-likeness (QED) is 0.763. The van der Waals surface area contributed by atoms with Crippen molar-refractivity contribution in [2.45, 2.75) is 87.0 Å². The highest BCUT2D eigenvalue weighted by Gasteiger charge is 2.40. The third-order valence-corrected chi connectivity index (χ3v) is 6.00. The molecule has 0 bridgehead atoms. The molecule has 2 rings (SSSR count). The first-order valence-electron chi connectivity index (χ1n) is 9.99. The number of rotatable bonds is 5. The van der Waals surface area contributed by atoms with Gasteiger partial charge in [-0.15, -0.1) is 10.2 Å². The zero-order chi connectivity index (χ0) is 19.6. The molecule has 0 unspecified atom stereocenters. The van der Waals surface area contributed by atoms with Crippen LogP contribution in [-0.2, 0) is 17.6 Å². The molecule has 5 nitrogen and oxygen atoms in total. The number of hydrogen-bond donors (Lipinski definition) is 0. The summed E-state index contributed by atoms with van der Waals surface area (Å²) in [5.41, 5.74) is 0.734. The topological polar surface area (TPSA) is 59.2 Å². The predicted molar refractivity (Wildman–Crippen MR) is 104 cm³/mol. The second-order valence-electron chi connectivity index (χ2n) is 10.4. The Morgan fingerprint density at radius 3 is 2.19 bits per heavy atom. The molecule has 1 saturated heterocycles. The molecule has 2 heterocycles. The molecule has 1 aliphatic heterocycles. The maximum Gasteiger partial charge on any atom is 0.222 e. The second-order valence-corrected chi connectivity index (χ2v) is 10.4. The largest absolute Gasteiger partial charge is 0.425 e. The summed E-state index contributed by atoms with van der Waals surface area (Å²) in [7, 11) is 0. The first kappa shape index (κ1) is 20.9. The van der Waals surface area contributed by atoms with Crippen LogP contribution >= 0.6 is 0 Å². The minimum absolute atomic E-state index is 0.135. The lowest BCUT2D eigenvalue weighted by Crippen LogP contribution is -2.46. The smallest absolute Gasteiger partial charge is 0.222 e. The Labute approximate surface area is 158 Å². The summed E-state index contributed by atoms with van der Waals surface area (Å²) >= 11 is 0. The van der Waals surface area contributed by atoms with Gasteiger partial charge in [0.1, 0.15) is 0 Å². The molecule has 5 heteroatoms. The van der Waals surface area contributed by atoms with Crippen LogP contribution in [0.4, 0.5) is 0 Å². The highest BCUT2D eigenvalue weighted by Crippen LogP contribution is 2.46. The molecule has 0 spiro atoms. The second kappa shape index (κ2) is 7.69. The molecule has 148 valence electrons. The predicted octanol–water partition coefficient (Wildman–Crippen LogP) is 4.66. The zero-order valence-corrected chi connectivity index (χ0v) is 17.8. The lowest BCUT2D eigenvalue weighted by molar-refractivity contribution is -0.134. The van der Waals surface area contributed by atoms with Gasteiger partial charge in [0.15, 0.2) is 0 Å². The van der Waals surface area contributed by atoms with Crippen molar-refractivity contribution in [3.63, 3.8) is 0 Å². The Balaban J connectivity index is 1.75. The van der Waals surface area contributed by atoms with E-state index in [9.17, 15) is 4.79 Å². The highest BCUT2D eigenvalue weighted by atomic mass is 16.4. The summed E-state index contributed by atoms with van der Waals surface area (Å²) in [5.74, 6) is 1.60. The van der Waals surface area contributed by atoms with Crippen molar-refractivity contribution in [2.24, 2.45) is 16.2 Å². The van der Waals surface area contributed by atoms with Crippen LogP contribution in [0.15, 0.2) is 4.42 Å². The van der Waals surface area contributed by atoms with Gasteiger partial charge in [0.05, 0.1) is 0 Å². The van der Waals surface area contributed by atoms with Crippen molar-refractivity contribution in [1.29, 1.82) is 0 Å². The van der Waals surface area contributed by atoms with Crippen molar-refractivity contribution >= 4 is 5.91 Å². The summed E-state index contributed by atoms with van der Waals surface area (Å²) in [6, 6.07) is 0. The van der Waals surface area contributed by atoms with Gasteiger partial charge in [-0.2, -0.15) is 0 Å². The van der Waals surface area contributed by atoms with Gasteiger partial charge >= 0.3 is 0 Å². The summed E-state index contributed by atoms with van der Waals surface area (Å²) in [6.45, 7) is 17.5. The summed E-state index contributed by atoms with van der Waals surface area (Å²) < 4.78 is 5.70. The fourth-order valence-electron chi connectivity index (χ4n) is 3.46. The fourth-order valence-corrected chi connectivity index (χ4v) is 3.46. The first-order valence-corrected chi connectivity index (χ1v) is 9.99. The van der Waals surface area contributed by atoms with Gasteiger partial charge in [-0.3, -0.25) is 4.79 Å². The van der Waals surface area contributed by atoms with E-state index < -0.39 is 0 Å². The summed E-state index contributed by atoms with van der Waals surface area (Å²) in [4.78, 5) is 14.5. The number of likely N-dealkylation sites (tertiary alicyclic amines) is 1. The van der Waals surface area contributed by atoms with E-state index in [-0.39, 0.29) is 16.7 Å². The van der Waals surface area contributed by atoms with Crippen LogP contribution in [0.2, 0.25) is 0 Å². The molecular formula is C21H37N3O2. The van der Waals surface area contributed by atoms with Crippen LogP contribution in [-0.4, -0.2) is 34.1 Å². The highest BCUT2D eigenvalue weighted by molar-refractivity contribution is 5.76. The molecular weight excluding hydrogens is 326 g/mol. The molecule has 0 aromatic carbocycles. The van der Waals surface area contributed by atoms with Gasteiger partial charge in [-0.25, -0.2) is 0 Å². The Bertz CT molecular complexity index is 600. The molecule has 0 radical (unpaired) electrons. The van der Waals surface area contributed by atoms with Crippen molar-refractivity contribution in [3.8, 4) is 0 Å². The molecule has 1 fully saturated rings. The summed E-state index contributed by atoms with van der Waals surface area (Å²) in [6.07, 6.45) is 4.95. The van der Waals surface area contributed by atoms with Crippen molar-refractivity contribution in [1.82, 2.24) is 15.1 Å². The van der Waals surface area contributed by atoms with E-state index in [0.717, 1.165) is 38.8 Å². The van der Waals surface area contributed by atoms with E-state index in [4.69, 9.17) is 4.42 Å². The zero-order valence-electron chi connectivity index (χ0n) is 17.8. The van der Waals surface area contributed by atoms with E-state index in [1.165, 1.54) is 0 Å². The molecule has 1 aromatic heterocycles. The number of aryl methyl sites for hydroxylation is 1. The van der Waals surface area contributed by atoms with Crippen LogP contribution in [0.3, 0.4) is 0 Å². The van der Waals surface area contributed by atoms with E-state index in [2.05, 4.69) is 58.7 Å². The normalized spacial score (nSPS) is 18.2. The molecule has 0 aliphatic carbocycles. The van der Waals surface area contributed by atoms with Gasteiger partial charge in [0.25, 0.3) is 0 Å². The molecule has 0 N–H and O–H groups in total. The lowest BCUT2D eigenvalue weighted by atomic mass is 9.63. The van der Waals surface area contributed by atoms with Crippen molar-refractivity contribution < 1.29 is 9.21 Å². The molecule has 1 amide bonds. The number of hydrogen-bond acceptors (Lipinski definition) is 4. The van der Waals surface area contributed by atoms with Crippen LogP contribution < -0.4 is 0 Å². The van der Waals surface area contributed by atoms with Crippen molar-refractivity contribution in [2.75, 3.05) is 13.1 Å². The summed E-state index contributed by atoms with van der Waals surface area (Å²) in [5, 5.41) is 8.23. The Morgan fingerprint density at radius 2 is 1.65 bits per heavy atom. The van der Waals surface area contributed by atoms with Gasteiger partial charge in [0.2, 0.25) is 17.7 Å². The maximum atomic E-state index is 12.5. The van der Waals surface area contributed by atoms with Gasteiger partial charge in [0, 0.05) is 32.4 Å². The number of carbonyl (C=O) groups excluding carboxylic acids is 1. The van der Waals surface area contributed by atoms with Gasteiger partial charge < -0.3 is 9.32 Å². The SMILES string of the molecule is CC(C)(C)Cc1nnc(CCCC(=O)N2CCC(C)(C(C)(C)C)CC2)o1. The number of amides is 1. The standard InChI is InChI=1S/C21H37N3O2/c1-19(2,3)15-17-23-22-16(26-17)9-8-10-18(25)24-13-11-21(7,12-14-24)20(4,5)6/h8-15H2,1-7H3. The van der Waals surface area contributed by atoms with E-state index >= 15 is 0 Å². The molecule has 1 aromatic rings. The molecule has 1 aliphatic rings. The van der Waals surface area contributed by atoms with E-state index in [1.54, 1.807) is 0 Å². The third-order valence-electron chi connectivity index (χ3n) is 6.00. The minimum Gasteiger partial charge on any atom is -0.425 e. The molecule has 26 heavy (non-hydrogen) atoms. The minimum atomic E-state index is 0.135. The van der Waals surface area contributed by atoms with Crippen LogP contribution in [0.5, 0.6) is 0 Å². The third kappa shape index (κ3) is 5.55. The van der Waals surface area contributed by atoms with Crippen LogP contribution in [0.25, 0.3) is 0 Å². The maximum absolute atomic E-state index is 12.5. The van der Waals surface area contributed by atoms with Crippen LogP contribution in [0.1, 0.15) is 85.9 Å². The van der Waals surface area contributed by atoms with Gasteiger partial charge in [-0.1, -0.05) is 48.5 Å². The Morgan fingerprint density at radius 1 is 1.08 bits per heavy atom. The van der Waals surface area contributed by atoms with Crippen LogP contribution in [0, 0.1) is 16.2 Å². The molecule has 0 saturated carbocycles. The average Bonchev–Trinajstić information content (AvgIpc) is 2.92. The van der Waals surface area contributed by atoms with Gasteiger partial charge in [-0.05, 0) is 35.5 Å². The van der Waals surface area contributed by atoms with E-state index in [0.29, 0.717) is 30.0 Å². The number of nitrogens with zero attached hydrogens (tertiary/aromatic N) is 3. The number of aromatic nitrogens is 2. The number of piperidine rings is 1. The Hall–Kier alpha value is -1.39.